The lowest BCUT2D eigenvalue weighted by Crippen LogP contribution is -2.38. The molecule has 0 aliphatic heterocycles. The molecule has 0 aromatic heterocycles. The zero-order valence-electron chi connectivity index (χ0n) is 14.4. The lowest BCUT2D eigenvalue weighted by molar-refractivity contribution is 0.145. The summed E-state index contributed by atoms with van der Waals surface area (Å²) in [5.74, 6) is 1.76. The average molecular weight is 435 g/mol. The molecular formula is C17H30IN3O2. The molecule has 0 atom stereocenters. The summed E-state index contributed by atoms with van der Waals surface area (Å²) in [6.07, 6.45) is 3.05. The van der Waals surface area contributed by atoms with Crippen LogP contribution in [0.5, 0.6) is 5.75 Å². The number of hydrogen-bond donors (Lipinski definition) is 2. The number of nitrogens with one attached hydrogen (secondary N) is 2. The lowest BCUT2D eigenvalue weighted by atomic mass is 10.1. The van der Waals surface area contributed by atoms with E-state index in [9.17, 15) is 0 Å². The van der Waals surface area contributed by atoms with Crippen molar-refractivity contribution >= 4 is 29.9 Å². The average Bonchev–Trinajstić information content (AvgIpc) is 2.56. The fourth-order valence-corrected chi connectivity index (χ4v) is 2.07. The zero-order valence-corrected chi connectivity index (χ0v) is 16.8. The van der Waals surface area contributed by atoms with Crippen LogP contribution < -0.4 is 15.4 Å². The Hall–Kier alpha value is -1.02. The Kier molecular flexibility index (Phi) is 13.9. The second-order valence-electron chi connectivity index (χ2n) is 4.93. The summed E-state index contributed by atoms with van der Waals surface area (Å²) in [4.78, 5) is 4.21. The van der Waals surface area contributed by atoms with Crippen LogP contribution in [0.25, 0.3) is 0 Å². The Morgan fingerprint density at radius 2 is 1.91 bits per heavy atom. The SMILES string of the molecule is CCOCCCNC(=NC)NCCCc1cccc(OC)c1.I. The van der Waals surface area contributed by atoms with E-state index in [1.165, 1.54) is 5.56 Å². The molecule has 0 aliphatic carbocycles. The molecule has 1 aromatic rings. The molecule has 23 heavy (non-hydrogen) atoms. The number of methoxy groups -OCH3 is 1. The van der Waals surface area contributed by atoms with Gasteiger partial charge in [0.25, 0.3) is 0 Å². The van der Waals surface area contributed by atoms with Gasteiger partial charge in [-0.1, -0.05) is 12.1 Å². The first-order valence-corrected chi connectivity index (χ1v) is 7.95. The van der Waals surface area contributed by atoms with E-state index in [1.54, 1.807) is 14.2 Å². The highest BCUT2D eigenvalue weighted by Crippen LogP contribution is 2.13. The molecule has 2 N–H and O–H groups in total. The van der Waals surface area contributed by atoms with Gasteiger partial charge in [0.2, 0.25) is 0 Å². The Bertz CT molecular complexity index is 442. The number of aryl methyl sites for hydroxylation is 1. The number of nitrogens with zero attached hydrogens (tertiary/aromatic N) is 1. The molecule has 0 aliphatic rings. The number of aliphatic imine (C=N–C) groups is 1. The van der Waals surface area contributed by atoms with Crippen molar-refractivity contribution in [1.82, 2.24) is 10.6 Å². The highest BCUT2D eigenvalue weighted by molar-refractivity contribution is 14.0. The van der Waals surface area contributed by atoms with Crippen molar-refractivity contribution in [3.8, 4) is 5.75 Å². The van der Waals surface area contributed by atoms with Crippen molar-refractivity contribution in [3.05, 3.63) is 29.8 Å². The second-order valence-corrected chi connectivity index (χ2v) is 4.93. The van der Waals surface area contributed by atoms with Gasteiger partial charge in [-0.25, -0.2) is 0 Å². The Balaban J connectivity index is 0.00000484. The third-order valence-electron chi connectivity index (χ3n) is 3.25. The lowest BCUT2D eigenvalue weighted by Gasteiger charge is -2.12. The molecule has 0 radical (unpaired) electrons. The fourth-order valence-electron chi connectivity index (χ4n) is 2.07. The summed E-state index contributed by atoms with van der Waals surface area (Å²) in [7, 11) is 3.49. The van der Waals surface area contributed by atoms with E-state index in [-0.39, 0.29) is 24.0 Å². The molecule has 0 unspecified atom stereocenters. The molecule has 0 saturated carbocycles. The van der Waals surface area contributed by atoms with Gasteiger partial charge in [0.15, 0.2) is 5.96 Å². The standard InChI is InChI=1S/C17H29N3O2.HI/c1-4-22-13-7-12-20-17(18-2)19-11-6-9-15-8-5-10-16(14-15)21-3;/h5,8,10,14H,4,6-7,9,11-13H2,1-3H3,(H2,18,19,20);1H. The molecular weight excluding hydrogens is 405 g/mol. The van der Waals surface area contributed by atoms with Gasteiger partial charge < -0.3 is 20.1 Å². The Labute approximate surface area is 157 Å². The Morgan fingerprint density at radius 1 is 1.17 bits per heavy atom. The first-order chi connectivity index (χ1) is 10.8. The maximum atomic E-state index is 5.30. The maximum Gasteiger partial charge on any atom is 0.190 e. The molecule has 1 aromatic carbocycles. The van der Waals surface area contributed by atoms with Crippen LogP contribution in [0.1, 0.15) is 25.3 Å². The van der Waals surface area contributed by atoms with Gasteiger partial charge in [-0.05, 0) is 43.9 Å². The van der Waals surface area contributed by atoms with Crippen molar-refractivity contribution in [2.75, 3.05) is 40.5 Å². The van der Waals surface area contributed by atoms with Gasteiger partial charge in [0.1, 0.15) is 5.75 Å². The molecule has 0 spiro atoms. The van der Waals surface area contributed by atoms with Crippen LogP contribution in [0.4, 0.5) is 0 Å². The van der Waals surface area contributed by atoms with Crippen LogP contribution in [0.2, 0.25) is 0 Å². The number of guanidine groups is 1. The second kappa shape index (κ2) is 14.6. The van der Waals surface area contributed by atoms with Crippen molar-refractivity contribution in [2.45, 2.75) is 26.2 Å². The highest BCUT2D eigenvalue weighted by atomic mass is 127. The van der Waals surface area contributed by atoms with Crippen molar-refractivity contribution in [1.29, 1.82) is 0 Å². The Morgan fingerprint density at radius 3 is 2.57 bits per heavy atom. The minimum absolute atomic E-state index is 0. The number of ether oxygens (including phenoxy) is 2. The van der Waals surface area contributed by atoms with E-state index in [1.807, 2.05) is 19.1 Å². The minimum Gasteiger partial charge on any atom is -0.497 e. The normalized spacial score (nSPS) is 10.8. The number of rotatable bonds is 10. The molecule has 0 fully saturated rings. The fraction of sp³-hybridized carbons (Fsp3) is 0.588. The third kappa shape index (κ3) is 10.4. The predicted octanol–water partition coefficient (Wildman–Crippen LogP) is 2.84. The van der Waals surface area contributed by atoms with Gasteiger partial charge in [0, 0.05) is 33.4 Å². The highest BCUT2D eigenvalue weighted by Gasteiger charge is 1.99. The van der Waals surface area contributed by atoms with E-state index in [0.29, 0.717) is 0 Å². The zero-order chi connectivity index (χ0) is 16.0. The van der Waals surface area contributed by atoms with Crippen molar-refractivity contribution in [2.24, 2.45) is 4.99 Å². The number of hydrogen-bond acceptors (Lipinski definition) is 3. The molecule has 5 nitrogen and oxygen atoms in total. The molecule has 0 amide bonds. The van der Waals surface area contributed by atoms with E-state index in [0.717, 1.165) is 57.3 Å². The van der Waals surface area contributed by atoms with Crippen LogP contribution in [-0.4, -0.2) is 46.4 Å². The molecule has 132 valence electrons. The van der Waals surface area contributed by atoms with Gasteiger partial charge >= 0.3 is 0 Å². The van der Waals surface area contributed by atoms with Gasteiger partial charge in [-0.15, -0.1) is 24.0 Å². The molecule has 1 rings (SSSR count). The van der Waals surface area contributed by atoms with Crippen molar-refractivity contribution in [3.63, 3.8) is 0 Å². The summed E-state index contributed by atoms with van der Waals surface area (Å²) in [5.41, 5.74) is 1.29. The summed E-state index contributed by atoms with van der Waals surface area (Å²) in [6.45, 7) is 5.34. The maximum absolute atomic E-state index is 5.30. The third-order valence-corrected chi connectivity index (χ3v) is 3.25. The van der Waals surface area contributed by atoms with Crippen LogP contribution in [0.15, 0.2) is 29.3 Å². The molecule has 6 heteroatoms. The first-order valence-electron chi connectivity index (χ1n) is 7.95. The molecule has 0 bridgehead atoms. The summed E-state index contributed by atoms with van der Waals surface area (Å²) in [6, 6.07) is 8.21. The minimum atomic E-state index is 0. The van der Waals surface area contributed by atoms with Crippen molar-refractivity contribution < 1.29 is 9.47 Å². The molecule has 0 heterocycles. The number of halogens is 1. The van der Waals surface area contributed by atoms with Gasteiger partial charge in [-0.3, -0.25) is 4.99 Å². The summed E-state index contributed by atoms with van der Waals surface area (Å²) in [5, 5.41) is 6.61. The van der Waals surface area contributed by atoms with E-state index in [2.05, 4.69) is 27.8 Å². The van der Waals surface area contributed by atoms with Crippen LogP contribution in [0, 0.1) is 0 Å². The number of benzene rings is 1. The largest absolute Gasteiger partial charge is 0.497 e. The van der Waals surface area contributed by atoms with Gasteiger partial charge in [0.05, 0.1) is 7.11 Å². The van der Waals surface area contributed by atoms with Crippen LogP contribution in [0.3, 0.4) is 0 Å². The summed E-state index contributed by atoms with van der Waals surface area (Å²) >= 11 is 0. The van der Waals surface area contributed by atoms with E-state index < -0.39 is 0 Å². The topological polar surface area (TPSA) is 54.9 Å². The first kappa shape index (κ1) is 22.0. The van der Waals surface area contributed by atoms with E-state index in [4.69, 9.17) is 9.47 Å². The predicted molar refractivity (Wildman–Crippen MR) is 107 cm³/mol. The monoisotopic (exact) mass is 435 g/mol. The molecule has 0 saturated heterocycles. The smallest absolute Gasteiger partial charge is 0.190 e. The van der Waals surface area contributed by atoms with Crippen LogP contribution in [-0.2, 0) is 11.2 Å². The summed E-state index contributed by atoms with van der Waals surface area (Å²) < 4.78 is 10.5. The van der Waals surface area contributed by atoms with Gasteiger partial charge in [-0.2, -0.15) is 0 Å². The van der Waals surface area contributed by atoms with E-state index >= 15 is 0 Å². The quantitative estimate of drug-likeness (QED) is 0.257. The van der Waals surface area contributed by atoms with Crippen LogP contribution >= 0.6 is 24.0 Å².